The number of aromatic amines is 1. The smallest absolute Gasteiger partial charge is 0.214 e. The van der Waals surface area contributed by atoms with E-state index in [9.17, 15) is 8.42 Å². The number of aromatic nitrogens is 3. The van der Waals surface area contributed by atoms with E-state index in [2.05, 4.69) is 20.7 Å². The monoisotopic (exact) mass is 309 g/mol. The van der Waals surface area contributed by atoms with Gasteiger partial charge in [0.15, 0.2) is 0 Å². The molecule has 0 spiro atoms. The fraction of sp³-hybridized carbons (Fsp3) is 0.385. The molecular weight excluding hydrogens is 290 g/mol. The van der Waals surface area contributed by atoms with Crippen LogP contribution in [0, 0.1) is 0 Å². The minimum atomic E-state index is -3.17. The van der Waals surface area contributed by atoms with Gasteiger partial charge in [-0.1, -0.05) is 30.3 Å². The van der Waals surface area contributed by atoms with Crippen molar-refractivity contribution >= 4 is 10.0 Å². The third-order valence-electron chi connectivity index (χ3n) is 3.05. The normalized spacial score (nSPS) is 12.0. The summed E-state index contributed by atoms with van der Waals surface area (Å²) in [7, 11) is -0.118. The maximum atomic E-state index is 11.6. The average Bonchev–Trinajstić information content (AvgIpc) is 2.93. The lowest BCUT2D eigenvalue weighted by Gasteiger charge is -2.11. The predicted octanol–water partition coefficient (Wildman–Crippen LogP) is 0.453. The Morgan fingerprint density at radius 2 is 1.90 bits per heavy atom. The molecule has 0 amide bonds. The molecule has 1 heterocycles. The van der Waals surface area contributed by atoms with Gasteiger partial charge in [0, 0.05) is 32.7 Å². The van der Waals surface area contributed by atoms with Crippen LogP contribution in [0.3, 0.4) is 0 Å². The van der Waals surface area contributed by atoms with E-state index in [-0.39, 0.29) is 5.75 Å². The molecule has 1 aromatic heterocycles. The first-order chi connectivity index (χ1) is 10.0. The molecule has 2 rings (SSSR count). The van der Waals surface area contributed by atoms with Gasteiger partial charge in [0.2, 0.25) is 10.0 Å². The summed E-state index contributed by atoms with van der Waals surface area (Å²) in [6.07, 6.45) is 0. The highest BCUT2D eigenvalue weighted by molar-refractivity contribution is 7.89. The standard InChI is InChI=1S/C13H19N5O2S/c1-18(2)21(19,20)9-8-14-10-12-13(16-17-15-12)11-6-4-3-5-7-11/h3-7,14H,8-10H2,1-2H3,(H,15,16,17). The first-order valence-electron chi connectivity index (χ1n) is 6.56. The molecule has 0 aliphatic rings. The summed E-state index contributed by atoms with van der Waals surface area (Å²) in [6, 6.07) is 9.72. The minimum absolute atomic E-state index is 0.0541. The van der Waals surface area contributed by atoms with Crippen molar-refractivity contribution in [1.82, 2.24) is 25.0 Å². The fourth-order valence-corrected chi connectivity index (χ4v) is 2.56. The molecule has 8 heteroatoms. The zero-order valence-electron chi connectivity index (χ0n) is 12.1. The Morgan fingerprint density at radius 3 is 2.57 bits per heavy atom. The second kappa shape index (κ2) is 6.79. The molecule has 0 saturated heterocycles. The van der Waals surface area contributed by atoms with Gasteiger partial charge in [0.25, 0.3) is 0 Å². The quantitative estimate of drug-likeness (QED) is 0.725. The third-order valence-corrected chi connectivity index (χ3v) is 4.89. The largest absolute Gasteiger partial charge is 0.310 e. The van der Waals surface area contributed by atoms with E-state index in [0.29, 0.717) is 13.1 Å². The van der Waals surface area contributed by atoms with E-state index in [1.54, 1.807) is 0 Å². The molecule has 2 aromatic rings. The van der Waals surface area contributed by atoms with E-state index in [1.807, 2.05) is 30.3 Å². The maximum absolute atomic E-state index is 11.6. The summed E-state index contributed by atoms with van der Waals surface area (Å²) in [5.74, 6) is 0.0541. The maximum Gasteiger partial charge on any atom is 0.214 e. The van der Waals surface area contributed by atoms with Gasteiger partial charge in [-0.2, -0.15) is 15.4 Å². The van der Waals surface area contributed by atoms with Gasteiger partial charge < -0.3 is 5.32 Å². The number of benzene rings is 1. The van der Waals surface area contributed by atoms with Crippen molar-refractivity contribution in [2.45, 2.75) is 6.54 Å². The lowest BCUT2D eigenvalue weighted by Crippen LogP contribution is -2.31. The molecule has 0 bridgehead atoms. The van der Waals surface area contributed by atoms with E-state index >= 15 is 0 Å². The second-order valence-electron chi connectivity index (χ2n) is 4.76. The number of sulfonamides is 1. The Kier molecular flexibility index (Phi) is 5.05. The first-order valence-corrected chi connectivity index (χ1v) is 8.17. The van der Waals surface area contributed by atoms with Crippen LogP contribution in [0.1, 0.15) is 5.69 Å². The van der Waals surface area contributed by atoms with Gasteiger partial charge >= 0.3 is 0 Å². The summed E-state index contributed by atoms with van der Waals surface area (Å²) in [5.41, 5.74) is 2.52. The molecule has 114 valence electrons. The van der Waals surface area contributed by atoms with Crippen LogP contribution < -0.4 is 5.32 Å². The van der Waals surface area contributed by atoms with Crippen LogP contribution in [0.2, 0.25) is 0 Å². The Balaban J connectivity index is 1.93. The third kappa shape index (κ3) is 4.10. The summed E-state index contributed by atoms with van der Waals surface area (Å²) in [5, 5.41) is 13.9. The van der Waals surface area contributed by atoms with Crippen LogP contribution in [0.4, 0.5) is 0 Å². The van der Waals surface area contributed by atoms with Gasteiger partial charge in [-0.15, -0.1) is 0 Å². The molecular formula is C13H19N5O2S. The fourth-order valence-electron chi connectivity index (χ4n) is 1.79. The molecule has 0 fully saturated rings. The average molecular weight is 309 g/mol. The molecule has 0 atom stereocenters. The van der Waals surface area contributed by atoms with Gasteiger partial charge in [0.1, 0.15) is 11.4 Å². The van der Waals surface area contributed by atoms with Gasteiger partial charge in [-0.05, 0) is 0 Å². The number of rotatable bonds is 7. The molecule has 1 aromatic carbocycles. The van der Waals surface area contributed by atoms with Crippen molar-refractivity contribution < 1.29 is 8.42 Å². The van der Waals surface area contributed by atoms with E-state index in [1.165, 1.54) is 18.4 Å². The number of H-pyrrole nitrogens is 1. The van der Waals surface area contributed by atoms with Crippen LogP contribution in [0.25, 0.3) is 11.3 Å². The van der Waals surface area contributed by atoms with E-state index in [4.69, 9.17) is 0 Å². The molecule has 2 N–H and O–H groups in total. The lowest BCUT2D eigenvalue weighted by molar-refractivity contribution is 0.517. The highest BCUT2D eigenvalue weighted by atomic mass is 32.2. The van der Waals surface area contributed by atoms with Crippen LogP contribution in [0.5, 0.6) is 0 Å². The highest BCUT2D eigenvalue weighted by Gasteiger charge is 2.13. The Hall–Kier alpha value is -1.77. The van der Waals surface area contributed by atoms with Crippen molar-refractivity contribution in [3.8, 4) is 11.3 Å². The van der Waals surface area contributed by atoms with Crippen LogP contribution in [-0.4, -0.2) is 54.5 Å². The summed E-state index contributed by atoms with van der Waals surface area (Å²) >= 11 is 0. The number of nitrogens with one attached hydrogen (secondary N) is 2. The van der Waals surface area contributed by atoms with Crippen molar-refractivity contribution in [1.29, 1.82) is 0 Å². The number of hydrogen-bond acceptors (Lipinski definition) is 5. The molecule has 0 saturated carbocycles. The summed E-state index contributed by atoms with van der Waals surface area (Å²) < 4.78 is 24.5. The van der Waals surface area contributed by atoms with Crippen LogP contribution in [-0.2, 0) is 16.6 Å². The lowest BCUT2D eigenvalue weighted by atomic mass is 10.1. The molecule has 0 radical (unpaired) electrons. The topological polar surface area (TPSA) is 91.0 Å². The molecule has 7 nitrogen and oxygen atoms in total. The molecule has 21 heavy (non-hydrogen) atoms. The first kappa shape index (κ1) is 15.6. The van der Waals surface area contributed by atoms with Crippen molar-refractivity contribution in [3.05, 3.63) is 36.0 Å². The van der Waals surface area contributed by atoms with Gasteiger partial charge in [0.05, 0.1) is 5.75 Å². The van der Waals surface area contributed by atoms with Crippen molar-refractivity contribution in [2.24, 2.45) is 0 Å². The summed E-state index contributed by atoms with van der Waals surface area (Å²) in [6.45, 7) is 0.825. The van der Waals surface area contributed by atoms with Crippen LogP contribution in [0.15, 0.2) is 30.3 Å². The highest BCUT2D eigenvalue weighted by Crippen LogP contribution is 2.18. The Bertz CT molecular complexity index is 667. The molecule has 0 unspecified atom stereocenters. The van der Waals surface area contributed by atoms with Crippen molar-refractivity contribution in [3.63, 3.8) is 0 Å². The summed E-state index contributed by atoms with van der Waals surface area (Å²) in [4.78, 5) is 0. The van der Waals surface area contributed by atoms with Crippen molar-refractivity contribution in [2.75, 3.05) is 26.4 Å². The number of hydrogen-bond donors (Lipinski definition) is 2. The minimum Gasteiger partial charge on any atom is -0.310 e. The number of nitrogens with zero attached hydrogens (tertiary/aromatic N) is 3. The SMILES string of the molecule is CN(C)S(=O)(=O)CCNCc1n[nH]nc1-c1ccccc1. The zero-order valence-corrected chi connectivity index (χ0v) is 12.9. The second-order valence-corrected chi connectivity index (χ2v) is 7.06. The van der Waals surface area contributed by atoms with Gasteiger partial charge in [-0.25, -0.2) is 12.7 Å². The molecule has 0 aliphatic carbocycles. The Morgan fingerprint density at radius 1 is 1.19 bits per heavy atom. The van der Waals surface area contributed by atoms with Crippen LogP contribution >= 0.6 is 0 Å². The Labute approximate surface area is 124 Å². The molecule has 0 aliphatic heterocycles. The van der Waals surface area contributed by atoms with E-state index < -0.39 is 10.0 Å². The van der Waals surface area contributed by atoms with E-state index in [0.717, 1.165) is 17.0 Å². The van der Waals surface area contributed by atoms with Gasteiger partial charge in [-0.3, -0.25) is 0 Å². The predicted molar refractivity (Wildman–Crippen MR) is 81.0 cm³/mol. The zero-order chi connectivity index (χ0) is 15.3.